The molecule has 1 heterocycles. The molecule has 1 aliphatic heterocycles. The van der Waals surface area contributed by atoms with Crippen molar-refractivity contribution in [3.63, 3.8) is 0 Å². The first-order valence-corrected chi connectivity index (χ1v) is 11.5. The number of hydrogen-bond acceptors (Lipinski definition) is 4. The van der Waals surface area contributed by atoms with E-state index in [1.807, 2.05) is 53.4 Å². The molecule has 0 aromatic heterocycles. The monoisotopic (exact) mass is 458 g/mol. The molecule has 0 saturated carbocycles. The molecule has 0 bridgehead atoms. The quantitative estimate of drug-likeness (QED) is 0.562. The van der Waals surface area contributed by atoms with Gasteiger partial charge in [-0.3, -0.25) is 4.79 Å². The van der Waals surface area contributed by atoms with Gasteiger partial charge in [-0.25, -0.2) is 4.79 Å². The largest absolute Gasteiger partial charge is 0.505 e. The maximum atomic E-state index is 13.4. The van der Waals surface area contributed by atoms with Crippen LogP contribution in [0.2, 0.25) is 5.02 Å². The zero-order chi connectivity index (χ0) is 23.1. The predicted molar refractivity (Wildman–Crippen MR) is 126 cm³/mol. The normalized spacial score (nSPS) is 15.0. The van der Waals surface area contributed by atoms with Gasteiger partial charge in [0.15, 0.2) is 0 Å². The van der Waals surface area contributed by atoms with Gasteiger partial charge < -0.3 is 19.6 Å². The highest BCUT2D eigenvalue weighted by Gasteiger charge is 2.29. The van der Waals surface area contributed by atoms with Crippen molar-refractivity contribution in [3.05, 3.63) is 64.7 Å². The Morgan fingerprint density at radius 1 is 1.06 bits per heavy atom. The highest BCUT2D eigenvalue weighted by Crippen LogP contribution is 2.27. The average molecular weight is 459 g/mol. The van der Waals surface area contributed by atoms with Crippen LogP contribution in [0.1, 0.15) is 37.8 Å². The number of carbonyl (C=O) groups excluding carboxylic acids is 1. The fraction of sp³-hybridized carbons (Fsp3) is 0.440. The molecular formula is C25H31ClN2O4. The number of benzene rings is 2. The van der Waals surface area contributed by atoms with Crippen molar-refractivity contribution in [2.24, 2.45) is 0 Å². The van der Waals surface area contributed by atoms with Crippen molar-refractivity contribution >= 4 is 29.4 Å². The average Bonchev–Trinajstić information content (AvgIpc) is 2.76. The molecule has 2 aromatic carbocycles. The number of halogens is 1. The number of likely N-dealkylation sites (tertiary alicyclic amines) is 1. The summed E-state index contributed by atoms with van der Waals surface area (Å²) < 4.78 is 4.56. The summed E-state index contributed by atoms with van der Waals surface area (Å²) in [5.74, 6) is 0.0669. The minimum atomic E-state index is -1.27. The van der Waals surface area contributed by atoms with Crippen LogP contribution in [0.15, 0.2) is 48.5 Å². The van der Waals surface area contributed by atoms with Crippen LogP contribution in [-0.4, -0.2) is 53.8 Å². The van der Waals surface area contributed by atoms with Gasteiger partial charge in [-0.2, -0.15) is 0 Å². The van der Waals surface area contributed by atoms with E-state index in [-0.39, 0.29) is 18.6 Å². The van der Waals surface area contributed by atoms with E-state index in [0.717, 1.165) is 42.7 Å². The van der Waals surface area contributed by atoms with Gasteiger partial charge in [0.2, 0.25) is 5.91 Å². The Morgan fingerprint density at radius 2 is 1.66 bits per heavy atom. The zero-order valence-electron chi connectivity index (χ0n) is 18.7. The van der Waals surface area contributed by atoms with Crippen molar-refractivity contribution < 1.29 is 19.4 Å². The molecule has 32 heavy (non-hydrogen) atoms. The van der Waals surface area contributed by atoms with E-state index < -0.39 is 6.16 Å². The number of rotatable bonds is 8. The third-order valence-corrected chi connectivity index (χ3v) is 6.21. The summed E-state index contributed by atoms with van der Waals surface area (Å²) in [6.45, 7) is 6.49. The fourth-order valence-electron chi connectivity index (χ4n) is 4.16. The van der Waals surface area contributed by atoms with Gasteiger partial charge in [0.05, 0.1) is 13.0 Å². The third-order valence-electron chi connectivity index (χ3n) is 5.96. The fourth-order valence-corrected chi connectivity index (χ4v) is 4.29. The minimum absolute atomic E-state index is 0.0669. The van der Waals surface area contributed by atoms with Crippen LogP contribution < -0.4 is 4.90 Å². The van der Waals surface area contributed by atoms with Crippen LogP contribution in [0.4, 0.5) is 10.5 Å². The van der Waals surface area contributed by atoms with Crippen LogP contribution in [-0.2, 0) is 22.4 Å². The second-order valence-electron chi connectivity index (χ2n) is 8.46. The van der Waals surface area contributed by atoms with Gasteiger partial charge in [-0.1, -0.05) is 35.9 Å². The van der Waals surface area contributed by atoms with Gasteiger partial charge >= 0.3 is 6.16 Å². The van der Waals surface area contributed by atoms with E-state index in [1.54, 1.807) is 0 Å². The Kier molecular flexibility index (Phi) is 8.53. The number of anilines is 1. The lowest BCUT2D eigenvalue weighted by atomic mass is 9.99. The Balaban J connectivity index is 1.70. The molecule has 6 nitrogen and oxygen atoms in total. The van der Waals surface area contributed by atoms with E-state index in [4.69, 9.17) is 16.7 Å². The van der Waals surface area contributed by atoms with Crippen molar-refractivity contribution in [3.8, 4) is 0 Å². The molecule has 0 spiro atoms. The van der Waals surface area contributed by atoms with E-state index in [2.05, 4.69) is 23.5 Å². The highest BCUT2D eigenvalue weighted by atomic mass is 35.5. The van der Waals surface area contributed by atoms with Crippen molar-refractivity contribution in [2.75, 3.05) is 24.6 Å². The molecule has 172 valence electrons. The summed E-state index contributed by atoms with van der Waals surface area (Å²) in [5.41, 5.74) is 2.78. The Hall–Kier alpha value is -2.57. The Bertz CT molecular complexity index is 891. The predicted octanol–water partition coefficient (Wildman–Crippen LogP) is 5.03. The maximum absolute atomic E-state index is 13.4. The summed E-state index contributed by atoms with van der Waals surface area (Å²) in [7, 11) is 0. The second-order valence-corrected chi connectivity index (χ2v) is 8.90. The number of nitrogens with zero attached hydrogens (tertiary/aromatic N) is 2. The second kappa shape index (κ2) is 11.3. The molecule has 0 aliphatic carbocycles. The molecule has 0 radical (unpaired) electrons. The van der Waals surface area contributed by atoms with Crippen LogP contribution in [0, 0.1) is 0 Å². The number of amides is 1. The van der Waals surface area contributed by atoms with Gasteiger partial charge in [0.25, 0.3) is 0 Å². The van der Waals surface area contributed by atoms with E-state index >= 15 is 0 Å². The van der Waals surface area contributed by atoms with Gasteiger partial charge in [0.1, 0.15) is 0 Å². The molecule has 1 N–H and O–H groups in total. The third kappa shape index (κ3) is 6.71. The lowest BCUT2D eigenvalue weighted by Crippen LogP contribution is -2.49. The summed E-state index contributed by atoms with van der Waals surface area (Å²) >= 11 is 6.08. The first kappa shape index (κ1) is 24.1. The molecule has 0 unspecified atom stereocenters. The van der Waals surface area contributed by atoms with Crippen LogP contribution in [0.3, 0.4) is 0 Å². The molecule has 2 aromatic rings. The Labute approximate surface area is 194 Å². The Morgan fingerprint density at radius 3 is 2.22 bits per heavy atom. The van der Waals surface area contributed by atoms with Crippen LogP contribution in [0.5, 0.6) is 0 Å². The zero-order valence-corrected chi connectivity index (χ0v) is 19.4. The molecule has 1 aliphatic rings. The highest BCUT2D eigenvalue weighted by molar-refractivity contribution is 6.30. The van der Waals surface area contributed by atoms with Gasteiger partial charge in [0, 0.05) is 42.3 Å². The van der Waals surface area contributed by atoms with Crippen molar-refractivity contribution in [2.45, 2.75) is 51.6 Å². The summed E-state index contributed by atoms with van der Waals surface area (Å²) in [4.78, 5) is 28.3. The molecule has 0 atom stereocenters. The SMILES string of the molecule is CC(C)N1CCC(N(C(=O)Cc2ccc(CCOC(=O)O)cc2)c2ccc(Cl)cc2)CC1. The van der Waals surface area contributed by atoms with E-state index in [0.29, 0.717) is 23.9 Å². The smallest absolute Gasteiger partial charge is 0.450 e. The summed E-state index contributed by atoms with van der Waals surface area (Å²) in [6, 6.07) is 15.8. The van der Waals surface area contributed by atoms with E-state index in [1.165, 1.54) is 0 Å². The van der Waals surface area contributed by atoms with Gasteiger partial charge in [-0.05, 0) is 62.1 Å². The van der Waals surface area contributed by atoms with E-state index in [9.17, 15) is 9.59 Å². The molecule has 1 fully saturated rings. The van der Waals surface area contributed by atoms with Crippen molar-refractivity contribution in [1.29, 1.82) is 0 Å². The first-order chi connectivity index (χ1) is 15.3. The first-order valence-electron chi connectivity index (χ1n) is 11.1. The standard InChI is InChI=1S/C25H31ClN2O4/c1-18(2)27-14-11-23(12-15-27)28(22-9-7-21(26)8-10-22)24(29)17-20-5-3-19(4-6-20)13-16-32-25(30)31/h3-10,18,23H,11-17H2,1-2H3,(H,30,31). The maximum Gasteiger partial charge on any atom is 0.505 e. The summed E-state index contributed by atoms with van der Waals surface area (Å²) in [6.07, 6.45) is 1.42. The molecule has 7 heteroatoms. The lowest BCUT2D eigenvalue weighted by Gasteiger charge is -2.40. The molecular weight excluding hydrogens is 428 g/mol. The van der Waals surface area contributed by atoms with Crippen LogP contribution >= 0.6 is 11.6 Å². The lowest BCUT2D eigenvalue weighted by molar-refractivity contribution is -0.118. The molecule has 1 amide bonds. The molecule has 3 rings (SSSR count). The number of ether oxygens (including phenoxy) is 1. The van der Waals surface area contributed by atoms with Gasteiger partial charge in [-0.15, -0.1) is 0 Å². The number of carboxylic acid groups (broad SMARTS) is 1. The molecule has 1 saturated heterocycles. The number of carbonyl (C=O) groups is 2. The topological polar surface area (TPSA) is 70.1 Å². The number of piperidine rings is 1. The van der Waals surface area contributed by atoms with Crippen LogP contribution in [0.25, 0.3) is 0 Å². The summed E-state index contributed by atoms with van der Waals surface area (Å²) in [5, 5.41) is 9.22. The number of hydrogen-bond donors (Lipinski definition) is 1. The van der Waals surface area contributed by atoms with Crippen molar-refractivity contribution in [1.82, 2.24) is 4.90 Å². The minimum Gasteiger partial charge on any atom is -0.450 e.